The van der Waals surface area contributed by atoms with Crippen molar-refractivity contribution in [2.24, 2.45) is 0 Å². The molecule has 0 unspecified atom stereocenters. The molecule has 31 heavy (non-hydrogen) atoms. The lowest BCUT2D eigenvalue weighted by Gasteiger charge is -2.13. The van der Waals surface area contributed by atoms with Crippen LogP contribution in [0.5, 0.6) is 17.2 Å². The van der Waals surface area contributed by atoms with Crippen molar-refractivity contribution in [3.05, 3.63) is 42.0 Å². The van der Waals surface area contributed by atoms with Crippen LogP contribution < -0.4 is 18.9 Å². The largest absolute Gasteiger partial charge is 0.496 e. The van der Waals surface area contributed by atoms with Crippen LogP contribution in [0.15, 0.2) is 41.3 Å². The molecule has 0 fully saturated rings. The number of ether oxygens (including phenoxy) is 3. The maximum Gasteiger partial charge on any atom is 0.416 e. The Kier molecular flexibility index (Phi) is 6.27. The van der Waals surface area contributed by atoms with Gasteiger partial charge < -0.3 is 14.2 Å². The lowest BCUT2D eigenvalue weighted by molar-refractivity contribution is -0.137. The van der Waals surface area contributed by atoms with Crippen LogP contribution in [0.25, 0.3) is 10.6 Å². The van der Waals surface area contributed by atoms with E-state index in [1.54, 1.807) is 6.07 Å². The topological polar surface area (TPSA) is 99.6 Å². The van der Waals surface area contributed by atoms with Crippen molar-refractivity contribution in [3.63, 3.8) is 0 Å². The number of rotatable bonds is 7. The lowest BCUT2D eigenvalue weighted by atomic mass is 10.1. The van der Waals surface area contributed by atoms with Gasteiger partial charge in [0.05, 0.1) is 32.5 Å². The van der Waals surface area contributed by atoms with Crippen molar-refractivity contribution in [3.8, 4) is 27.8 Å². The predicted octanol–water partition coefficient (Wildman–Crippen LogP) is 4.05. The molecule has 1 aromatic heterocycles. The van der Waals surface area contributed by atoms with E-state index in [4.69, 9.17) is 14.2 Å². The Bertz CT molecular complexity index is 1170. The number of halogens is 3. The molecule has 0 aliphatic carbocycles. The van der Waals surface area contributed by atoms with Gasteiger partial charge in [-0.3, -0.25) is 4.72 Å². The molecule has 0 spiro atoms. The zero-order valence-electron chi connectivity index (χ0n) is 16.4. The Morgan fingerprint density at radius 2 is 1.55 bits per heavy atom. The van der Waals surface area contributed by atoms with Gasteiger partial charge in [0.25, 0.3) is 10.0 Å². The van der Waals surface area contributed by atoms with Gasteiger partial charge in [0, 0.05) is 0 Å². The normalized spacial score (nSPS) is 11.8. The summed E-state index contributed by atoms with van der Waals surface area (Å²) in [6.07, 6.45) is -4.57. The molecule has 3 rings (SSSR count). The molecule has 0 amide bonds. The summed E-state index contributed by atoms with van der Waals surface area (Å²) >= 11 is 0.742. The monoisotopic (exact) mass is 475 g/mol. The van der Waals surface area contributed by atoms with Crippen LogP contribution in [0.4, 0.5) is 18.3 Å². The smallest absolute Gasteiger partial charge is 0.416 e. The Morgan fingerprint density at radius 3 is 2.10 bits per heavy atom. The van der Waals surface area contributed by atoms with Crippen molar-refractivity contribution >= 4 is 26.5 Å². The minimum atomic E-state index is -4.57. The summed E-state index contributed by atoms with van der Waals surface area (Å²) in [5.41, 5.74) is -0.880. The lowest BCUT2D eigenvalue weighted by Crippen LogP contribution is -2.15. The highest BCUT2D eigenvalue weighted by atomic mass is 32.2. The molecule has 13 heteroatoms. The molecule has 0 aliphatic heterocycles. The third-order valence-electron chi connectivity index (χ3n) is 4.06. The van der Waals surface area contributed by atoms with Crippen molar-refractivity contribution in [1.82, 2.24) is 10.2 Å². The molecule has 0 aliphatic rings. The van der Waals surface area contributed by atoms with Crippen LogP contribution in [0.3, 0.4) is 0 Å². The van der Waals surface area contributed by atoms with Gasteiger partial charge in [0.15, 0.2) is 9.90 Å². The molecule has 2 aromatic carbocycles. The zero-order valence-corrected chi connectivity index (χ0v) is 18.0. The molecule has 0 radical (unpaired) electrons. The van der Waals surface area contributed by atoms with Gasteiger partial charge in [-0.15, -0.1) is 10.2 Å². The summed E-state index contributed by atoms with van der Waals surface area (Å²) in [5.74, 6) is 0.206. The summed E-state index contributed by atoms with van der Waals surface area (Å²) in [4.78, 5) is -0.256. The van der Waals surface area contributed by atoms with E-state index in [2.05, 4.69) is 14.9 Å². The van der Waals surface area contributed by atoms with Gasteiger partial charge in [0.2, 0.25) is 5.13 Å². The number of hydrogen-bond acceptors (Lipinski definition) is 8. The third-order valence-corrected chi connectivity index (χ3v) is 6.46. The minimum absolute atomic E-state index is 0.0233. The number of nitrogens with one attached hydrogen (secondary N) is 1. The molecule has 1 N–H and O–H groups in total. The number of methoxy groups -OCH3 is 3. The second-order valence-corrected chi connectivity index (χ2v) is 8.52. The van der Waals surface area contributed by atoms with E-state index in [0.717, 1.165) is 29.5 Å². The van der Waals surface area contributed by atoms with Crippen LogP contribution in [0, 0.1) is 0 Å². The Labute approximate surface area is 179 Å². The maximum absolute atomic E-state index is 13.1. The molecule has 1 heterocycles. The SMILES string of the molecule is COc1ccc(C(F)(F)F)cc1-c1nnc(NS(=O)(=O)c2c(OC)cccc2OC)s1. The highest BCUT2D eigenvalue weighted by molar-refractivity contribution is 7.93. The summed E-state index contributed by atoms with van der Waals surface area (Å²) < 4.78 is 82.7. The average molecular weight is 475 g/mol. The molecule has 0 saturated carbocycles. The fourth-order valence-electron chi connectivity index (χ4n) is 2.67. The van der Waals surface area contributed by atoms with Crippen LogP contribution in [-0.2, 0) is 16.2 Å². The van der Waals surface area contributed by atoms with Crippen LogP contribution in [-0.4, -0.2) is 39.9 Å². The van der Waals surface area contributed by atoms with E-state index in [9.17, 15) is 21.6 Å². The van der Waals surface area contributed by atoms with E-state index in [-0.39, 0.29) is 37.8 Å². The first-order valence-electron chi connectivity index (χ1n) is 8.43. The molecule has 0 bridgehead atoms. The van der Waals surface area contributed by atoms with E-state index in [1.165, 1.54) is 33.5 Å². The first kappa shape index (κ1) is 22.6. The van der Waals surface area contributed by atoms with Crippen LogP contribution in [0.1, 0.15) is 5.56 Å². The number of alkyl halides is 3. The number of hydrogen-bond donors (Lipinski definition) is 1. The summed E-state index contributed by atoms with van der Waals surface area (Å²) in [6, 6.07) is 7.33. The second kappa shape index (κ2) is 8.59. The fraction of sp³-hybridized carbons (Fsp3) is 0.222. The van der Waals surface area contributed by atoms with Crippen molar-refractivity contribution in [2.45, 2.75) is 11.1 Å². The van der Waals surface area contributed by atoms with E-state index in [0.29, 0.717) is 0 Å². The van der Waals surface area contributed by atoms with Gasteiger partial charge in [-0.1, -0.05) is 17.4 Å². The number of nitrogens with zero attached hydrogens (tertiary/aromatic N) is 2. The summed E-state index contributed by atoms with van der Waals surface area (Å²) in [6.45, 7) is 0. The molecular formula is C18H16F3N3O5S2. The van der Waals surface area contributed by atoms with Crippen molar-refractivity contribution < 1.29 is 35.8 Å². The maximum atomic E-state index is 13.1. The number of anilines is 1. The highest BCUT2D eigenvalue weighted by Gasteiger charge is 2.32. The van der Waals surface area contributed by atoms with E-state index < -0.39 is 21.8 Å². The number of benzene rings is 2. The van der Waals surface area contributed by atoms with E-state index >= 15 is 0 Å². The van der Waals surface area contributed by atoms with Crippen molar-refractivity contribution in [1.29, 1.82) is 0 Å². The van der Waals surface area contributed by atoms with Gasteiger partial charge >= 0.3 is 6.18 Å². The van der Waals surface area contributed by atoms with Crippen LogP contribution >= 0.6 is 11.3 Å². The first-order chi connectivity index (χ1) is 14.6. The zero-order chi connectivity index (χ0) is 22.8. The quantitative estimate of drug-likeness (QED) is 0.550. The van der Waals surface area contributed by atoms with Gasteiger partial charge in [0.1, 0.15) is 17.2 Å². The second-order valence-electron chi connectivity index (χ2n) is 5.92. The first-order valence-corrected chi connectivity index (χ1v) is 10.7. The summed E-state index contributed by atoms with van der Waals surface area (Å²) in [7, 11) is -0.317. The molecule has 0 saturated heterocycles. The van der Waals surface area contributed by atoms with Gasteiger partial charge in [-0.25, -0.2) is 8.42 Å². The molecule has 8 nitrogen and oxygen atoms in total. The average Bonchev–Trinajstić information content (AvgIpc) is 3.19. The Balaban J connectivity index is 2.00. The number of sulfonamides is 1. The minimum Gasteiger partial charge on any atom is -0.496 e. The molecular weight excluding hydrogens is 459 g/mol. The molecule has 3 aromatic rings. The third kappa shape index (κ3) is 4.66. The molecule has 166 valence electrons. The van der Waals surface area contributed by atoms with E-state index in [1.807, 2.05) is 0 Å². The predicted molar refractivity (Wildman–Crippen MR) is 107 cm³/mol. The standard InChI is InChI=1S/C18H16F3N3O5S2/c1-27-12-8-7-10(18(19,20)21)9-11(12)16-22-23-17(30-16)24-31(25,26)15-13(28-2)5-4-6-14(15)29-3/h4-9H,1-3H3,(H,23,24). The fourth-order valence-corrected chi connectivity index (χ4v) is 4.99. The molecule has 0 atom stereocenters. The van der Waals surface area contributed by atoms with Gasteiger partial charge in [-0.05, 0) is 30.3 Å². The highest BCUT2D eigenvalue weighted by Crippen LogP contribution is 2.40. The van der Waals surface area contributed by atoms with Crippen LogP contribution in [0.2, 0.25) is 0 Å². The Morgan fingerprint density at radius 1 is 0.935 bits per heavy atom. The Hall–Kier alpha value is -3.06. The number of aromatic nitrogens is 2. The van der Waals surface area contributed by atoms with Gasteiger partial charge in [-0.2, -0.15) is 13.2 Å². The summed E-state index contributed by atoms with van der Waals surface area (Å²) in [5, 5.41) is 7.42. The van der Waals surface area contributed by atoms with Crippen molar-refractivity contribution in [2.75, 3.05) is 26.1 Å².